The number of amides is 2. The highest BCUT2D eigenvalue weighted by Gasteiger charge is 2.18. The number of nitrogens with one attached hydrogen (secondary N) is 2. The number of nitrogens with zero attached hydrogens (tertiary/aromatic N) is 1. The maximum Gasteiger partial charge on any atom is 0.234 e. The Morgan fingerprint density at radius 3 is 2.55 bits per heavy atom. The number of morpholine rings is 1. The van der Waals surface area contributed by atoms with Gasteiger partial charge in [-0.05, 0) is 12.8 Å². The van der Waals surface area contributed by atoms with Gasteiger partial charge in [0.1, 0.15) is 0 Å². The molecular formula is C14H25N3O3. The largest absolute Gasteiger partial charge is 0.378 e. The van der Waals surface area contributed by atoms with E-state index in [9.17, 15) is 9.59 Å². The Bertz CT molecular complexity index is 324. The van der Waals surface area contributed by atoms with Crippen LogP contribution >= 0.6 is 0 Å². The van der Waals surface area contributed by atoms with Crippen LogP contribution in [0, 0.1) is 0 Å². The zero-order chi connectivity index (χ0) is 14.2. The second-order valence-corrected chi connectivity index (χ2v) is 5.47. The lowest BCUT2D eigenvalue weighted by Gasteiger charge is -2.26. The molecule has 1 saturated heterocycles. The lowest BCUT2D eigenvalue weighted by atomic mass is 10.2. The Labute approximate surface area is 120 Å². The van der Waals surface area contributed by atoms with E-state index in [0.29, 0.717) is 51.9 Å². The maximum absolute atomic E-state index is 11.9. The van der Waals surface area contributed by atoms with Gasteiger partial charge in [0.25, 0.3) is 0 Å². The molecule has 1 heterocycles. The smallest absolute Gasteiger partial charge is 0.234 e. The van der Waals surface area contributed by atoms with Gasteiger partial charge < -0.3 is 20.3 Å². The van der Waals surface area contributed by atoms with Crippen molar-refractivity contribution in [3.8, 4) is 0 Å². The number of rotatable bonds is 6. The molecule has 1 aliphatic heterocycles. The minimum Gasteiger partial charge on any atom is -0.378 e. The molecule has 1 aliphatic carbocycles. The van der Waals surface area contributed by atoms with E-state index in [4.69, 9.17) is 4.74 Å². The summed E-state index contributed by atoms with van der Waals surface area (Å²) in [6.07, 6.45) is 5.07. The van der Waals surface area contributed by atoms with Crippen molar-refractivity contribution in [3.63, 3.8) is 0 Å². The Balaban J connectivity index is 1.51. The van der Waals surface area contributed by atoms with E-state index in [1.54, 1.807) is 0 Å². The van der Waals surface area contributed by atoms with Crippen LogP contribution in [0.1, 0.15) is 32.1 Å². The maximum atomic E-state index is 11.9. The zero-order valence-corrected chi connectivity index (χ0v) is 12.0. The van der Waals surface area contributed by atoms with Crippen molar-refractivity contribution in [3.05, 3.63) is 0 Å². The first-order chi connectivity index (χ1) is 9.75. The Morgan fingerprint density at radius 1 is 1.15 bits per heavy atom. The highest BCUT2D eigenvalue weighted by molar-refractivity contribution is 5.79. The summed E-state index contributed by atoms with van der Waals surface area (Å²) in [5, 5.41) is 6.06. The van der Waals surface area contributed by atoms with Crippen LogP contribution in [0.2, 0.25) is 0 Å². The zero-order valence-electron chi connectivity index (χ0n) is 12.0. The quantitative estimate of drug-likeness (QED) is 0.667. The molecule has 2 aliphatic rings. The molecule has 6 nitrogen and oxygen atoms in total. The van der Waals surface area contributed by atoms with Gasteiger partial charge in [0.2, 0.25) is 11.8 Å². The number of hydrogen-bond acceptors (Lipinski definition) is 4. The molecule has 2 amide bonds. The van der Waals surface area contributed by atoms with Crippen molar-refractivity contribution >= 4 is 11.8 Å². The van der Waals surface area contributed by atoms with Gasteiger partial charge in [-0.15, -0.1) is 0 Å². The summed E-state index contributed by atoms with van der Waals surface area (Å²) in [6, 6.07) is 0.360. The fourth-order valence-electron chi connectivity index (χ4n) is 2.72. The molecule has 20 heavy (non-hydrogen) atoms. The lowest BCUT2D eigenvalue weighted by Crippen LogP contribution is -2.43. The molecule has 2 fully saturated rings. The number of hydrogen-bond donors (Lipinski definition) is 2. The van der Waals surface area contributed by atoms with E-state index in [2.05, 4.69) is 10.6 Å². The predicted octanol–water partition coefficient (Wildman–Crippen LogP) is -0.116. The fraction of sp³-hybridized carbons (Fsp3) is 0.857. The van der Waals surface area contributed by atoms with Gasteiger partial charge in [0.15, 0.2) is 0 Å². The van der Waals surface area contributed by atoms with Gasteiger partial charge in [-0.2, -0.15) is 0 Å². The van der Waals surface area contributed by atoms with Crippen LogP contribution in [-0.4, -0.2) is 62.1 Å². The van der Waals surface area contributed by atoms with E-state index < -0.39 is 0 Å². The van der Waals surface area contributed by atoms with Crippen molar-refractivity contribution < 1.29 is 14.3 Å². The number of carbonyl (C=O) groups is 2. The minimum absolute atomic E-state index is 0.0377. The van der Waals surface area contributed by atoms with Gasteiger partial charge in [-0.1, -0.05) is 12.8 Å². The van der Waals surface area contributed by atoms with Crippen LogP contribution in [0.25, 0.3) is 0 Å². The van der Waals surface area contributed by atoms with E-state index in [0.717, 1.165) is 12.8 Å². The van der Waals surface area contributed by atoms with E-state index >= 15 is 0 Å². The molecule has 0 aromatic heterocycles. The molecule has 0 atom stereocenters. The summed E-state index contributed by atoms with van der Waals surface area (Å²) in [5.41, 5.74) is 0. The highest BCUT2D eigenvalue weighted by atomic mass is 16.5. The topological polar surface area (TPSA) is 70.7 Å². The first-order valence-corrected chi connectivity index (χ1v) is 7.61. The third kappa shape index (κ3) is 5.09. The first-order valence-electron chi connectivity index (χ1n) is 7.61. The van der Waals surface area contributed by atoms with E-state index in [1.807, 2.05) is 4.90 Å². The van der Waals surface area contributed by atoms with Crippen LogP contribution in [0.4, 0.5) is 0 Å². The summed E-state index contributed by atoms with van der Waals surface area (Å²) in [7, 11) is 0. The van der Waals surface area contributed by atoms with E-state index in [-0.39, 0.29) is 11.8 Å². The number of ether oxygens (including phenoxy) is 1. The van der Waals surface area contributed by atoms with Gasteiger partial charge in [0.05, 0.1) is 19.8 Å². The van der Waals surface area contributed by atoms with Crippen molar-refractivity contribution in [1.29, 1.82) is 0 Å². The molecule has 0 radical (unpaired) electrons. The van der Waals surface area contributed by atoms with Gasteiger partial charge in [-0.3, -0.25) is 9.59 Å². The standard InChI is InChI=1S/C14H25N3O3/c18-13(16-12-3-1-2-4-12)11-15-6-5-14(19)17-7-9-20-10-8-17/h12,15H,1-11H2,(H,16,18). The van der Waals surface area contributed by atoms with Crippen molar-refractivity contribution in [1.82, 2.24) is 15.5 Å². The van der Waals surface area contributed by atoms with Crippen molar-refractivity contribution in [2.75, 3.05) is 39.4 Å². The molecule has 0 spiro atoms. The summed E-state index contributed by atoms with van der Waals surface area (Å²) in [4.78, 5) is 25.3. The molecule has 0 bridgehead atoms. The molecule has 6 heteroatoms. The molecule has 2 rings (SSSR count). The van der Waals surface area contributed by atoms with Crippen LogP contribution in [0.3, 0.4) is 0 Å². The normalized spacial score (nSPS) is 20.1. The first kappa shape index (κ1) is 15.3. The minimum atomic E-state index is 0.0377. The average molecular weight is 283 g/mol. The summed E-state index contributed by atoms with van der Waals surface area (Å²) >= 11 is 0. The van der Waals surface area contributed by atoms with Crippen LogP contribution in [0.5, 0.6) is 0 Å². The van der Waals surface area contributed by atoms with Gasteiger partial charge >= 0.3 is 0 Å². The third-order valence-corrected chi connectivity index (χ3v) is 3.89. The predicted molar refractivity (Wildman–Crippen MR) is 75.3 cm³/mol. The second-order valence-electron chi connectivity index (χ2n) is 5.47. The molecule has 2 N–H and O–H groups in total. The summed E-state index contributed by atoms with van der Waals surface area (Å²) in [6.45, 7) is 3.47. The highest BCUT2D eigenvalue weighted by Crippen LogP contribution is 2.17. The van der Waals surface area contributed by atoms with Gasteiger partial charge in [0, 0.05) is 32.1 Å². The fourth-order valence-corrected chi connectivity index (χ4v) is 2.72. The number of carbonyl (C=O) groups excluding carboxylic acids is 2. The molecular weight excluding hydrogens is 258 g/mol. The second kappa shape index (κ2) is 8.21. The Hall–Kier alpha value is -1.14. The molecule has 1 saturated carbocycles. The van der Waals surface area contributed by atoms with Crippen molar-refractivity contribution in [2.24, 2.45) is 0 Å². The SMILES string of the molecule is O=C(CNCCC(=O)N1CCOCC1)NC1CCCC1. The van der Waals surface area contributed by atoms with Crippen LogP contribution in [-0.2, 0) is 14.3 Å². The molecule has 0 aromatic carbocycles. The molecule has 0 unspecified atom stereocenters. The average Bonchev–Trinajstić information content (AvgIpc) is 2.97. The lowest BCUT2D eigenvalue weighted by molar-refractivity contribution is -0.135. The monoisotopic (exact) mass is 283 g/mol. The van der Waals surface area contributed by atoms with Crippen molar-refractivity contribution in [2.45, 2.75) is 38.1 Å². The van der Waals surface area contributed by atoms with Crippen LogP contribution < -0.4 is 10.6 Å². The summed E-state index contributed by atoms with van der Waals surface area (Å²) in [5.74, 6) is 0.174. The molecule has 0 aromatic rings. The third-order valence-electron chi connectivity index (χ3n) is 3.89. The Kier molecular flexibility index (Phi) is 6.26. The van der Waals surface area contributed by atoms with Crippen LogP contribution in [0.15, 0.2) is 0 Å². The molecule has 114 valence electrons. The van der Waals surface area contributed by atoms with E-state index in [1.165, 1.54) is 12.8 Å². The Morgan fingerprint density at radius 2 is 1.85 bits per heavy atom. The van der Waals surface area contributed by atoms with Gasteiger partial charge in [-0.25, -0.2) is 0 Å². The summed E-state index contributed by atoms with van der Waals surface area (Å²) < 4.78 is 5.21.